The Hall–Kier alpha value is -3.78. The van der Waals surface area contributed by atoms with Crippen LogP contribution in [0.15, 0.2) is 66.7 Å². The van der Waals surface area contributed by atoms with Crippen LogP contribution in [-0.2, 0) is 4.79 Å². The van der Waals surface area contributed by atoms with Crippen LogP contribution in [0.3, 0.4) is 0 Å². The number of fused-ring (bicyclic) bond motifs is 1. The maximum atomic E-state index is 12.8. The normalized spacial score (nSPS) is 11.6. The zero-order valence-corrected chi connectivity index (χ0v) is 16.1. The van der Waals surface area contributed by atoms with E-state index in [9.17, 15) is 19.7 Å². The van der Waals surface area contributed by atoms with Crippen molar-refractivity contribution in [2.24, 2.45) is 0 Å². The average Bonchev–Trinajstić information content (AvgIpc) is 2.77. The number of benzene rings is 3. The number of nitrogens with zero attached hydrogens (tertiary/aromatic N) is 1. The summed E-state index contributed by atoms with van der Waals surface area (Å²) in [6.07, 6.45) is 0. The number of aliphatic hydroxyl groups is 1. The van der Waals surface area contributed by atoms with Crippen molar-refractivity contribution < 1.29 is 19.6 Å². The van der Waals surface area contributed by atoms with Crippen LogP contribution in [0, 0.1) is 10.1 Å². The number of non-ortho nitro benzene ring substituents is 1. The molecule has 8 heteroatoms. The van der Waals surface area contributed by atoms with Gasteiger partial charge >= 0.3 is 0 Å². The molecule has 3 aromatic carbocycles. The van der Waals surface area contributed by atoms with E-state index in [1.54, 1.807) is 12.1 Å². The smallest absolute Gasteiger partial charge is 0.269 e. The molecule has 3 N–H and O–H groups in total. The van der Waals surface area contributed by atoms with Gasteiger partial charge in [0, 0.05) is 30.8 Å². The predicted octanol–water partition coefficient (Wildman–Crippen LogP) is 2.37. The summed E-state index contributed by atoms with van der Waals surface area (Å²) >= 11 is 0. The summed E-state index contributed by atoms with van der Waals surface area (Å²) in [6, 6.07) is 18.5. The van der Waals surface area contributed by atoms with E-state index in [-0.39, 0.29) is 31.3 Å². The van der Waals surface area contributed by atoms with Gasteiger partial charge in [-0.1, -0.05) is 48.5 Å². The number of carbonyl (C=O) groups excluding carboxylic acids is 2. The van der Waals surface area contributed by atoms with Gasteiger partial charge in [0.05, 0.1) is 17.4 Å². The fourth-order valence-electron chi connectivity index (χ4n) is 3.21. The summed E-state index contributed by atoms with van der Waals surface area (Å²) in [7, 11) is 0. The Kier molecular flexibility index (Phi) is 6.71. The highest BCUT2D eigenvalue weighted by molar-refractivity contribution is 6.07. The van der Waals surface area contributed by atoms with Crippen LogP contribution in [0.25, 0.3) is 10.8 Å². The Morgan fingerprint density at radius 2 is 1.67 bits per heavy atom. The first-order chi connectivity index (χ1) is 14.5. The number of nitro groups is 1. The quantitative estimate of drug-likeness (QED) is 0.391. The molecule has 0 aromatic heterocycles. The highest BCUT2D eigenvalue weighted by atomic mass is 16.6. The predicted molar refractivity (Wildman–Crippen MR) is 112 cm³/mol. The Morgan fingerprint density at radius 3 is 2.37 bits per heavy atom. The van der Waals surface area contributed by atoms with Crippen LogP contribution >= 0.6 is 0 Å². The molecule has 0 saturated carbocycles. The van der Waals surface area contributed by atoms with Gasteiger partial charge in [-0.05, 0) is 22.4 Å². The van der Waals surface area contributed by atoms with Crippen molar-refractivity contribution in [3.63, 3.8) is 0 Å². The Bertz CT molecular complexity index is 1060. The average molecular weight is 407 g/mol. The van der Waals surface area contributed by atoms with Crippen LogP contribution in [0.4, 0.5) is 5.69 Å². The zero-order valence-electron chi connectivity index (χ0n) is 16.1. The number of carbonyl (C=O) groups is 2. The number of nitrogens with one attached hydrogen (secondary N) is 2. The summed E-state index contributed by atoms with van der Waals surface area (Å²) in [5, 5.41) is 27.0. The monoisotopic (exact) mass is 407 g/mol. The molecular formula is C22H21N3O5. The summed E-state index contributed by atoms with van der Waals surface area (Å²) in [5.74, 6) is -1.49. The van der Waals surface area contributed by atoms with Crippen molar-refractivity contribution in [3.05, 3.63) is 88.0 Å². The number of hydrogen-bond donors (Lipinski definition) is 3. The van der Waals surface area contributed by atoms with Gasteiger partial charge < -0.3 is 15.7 Å². The van der Waals surface area contributed by atoms with Crippen LogP contribution in [0.1, 0.15) is 21.8 Å². The first kappa shape index (κ1) is 20.9. The van der Waals surface area contributed by atoms with Gasteiger partial charge in [-0.15, -0.1) is 0 Å². The van der Waals surface area contributed by atoms with Gasteiger partial charge in [0.1, 0.15) is 0 Å². The highest BCUT2D eigenvalue weighted by Gasteiger charge is 2.22. The van der Waals surface area contributed by atoms with E-state index in [2.05, 4.69) is 10.6 Å². The molecular weight excluding hydrogens is 386 g/mol. The lowest BCUT2D eigenvalue weighted by Crippen LogP contribution is -2.38. The van der Waals surface area contributed by atoms with E-state index in [1.807, 2.05) is 30.3 Å². The molecule has 30 heavy (non-hydrogen) atoms. The number of aliphatic hydroxyl groups excluding tert-OH is 1. The first-order valence-corrected chi connectivity index (χ1v) is 9.40. The molecule has 3 aromatic rings. The minimum absolute atomic E-state index is 0.00285. The summed E-state index contributed by atoms with van der Waals surface area (Å²) in [6.45, 7) is -0.155. The number of hydrogen-bond acceptors (Lipinski definition) is 5. The molecule has 0 radical (unpaired) electrons. The number of rotatable bonds is 8. The summed E-state index contributed by atoms with van der Waals surface area (Å²) < 4.78 is 0. The molecule has 2 amide bonds. The first-order valence-electron chi connectivity index (χ1n) is 9.40. The Balaban J connectivity index is 1.81. The van der Waals surface area contributed by atoms with Gasteiger partial charge in [0.2, 0.25) is 5.91 Å². The molecule has 3 rings (SSSR count). The summed E-state index contributed by atoms with van der Waals surface area (Å²) in [4.78, 5) is 35.7. The van der Waals surface area contributed by atoms with Crippen molar-refractivity contribution in [2.45, 2.75) is 5.92 Å². The molecule has 0 spiro atoms. The second kappa shape index (κ2) is 9.62. The molecule has 0 bridgehead atoms. The second-order valence-electron chi connectivity index (χ2n) is 6.65. The number of nitro benzene ring substituents is 1. The van der Waals surface area contributed by atoms with E-state index in [0.29, 0.717) is 11.1 Å². The fourth-order valence-corrected chi connectivity index (χ4v) is 3.21. The van der Waals surface area contributed by atoms with Gasteiger partial charge in [-0.25, -0.2) is 0 Å². The Morgan fingerprint density at radius 1 is 0.967 bits per heavy atom. The van der Waals surface area contributed by atoms with Crippen molar-refractivity contribution >= 4 is 28.3 Å². The SMILES string of the molecule is O=C(NCC(C(=O)NCCO)c1ccc([N+](=O)[O-])cc1)c1cccc2ccccc12. The fraction of sp³-hybridized carbons (Fsp3) is 0.182. The van der Waals surface area contributed by atoms with E-state index >= 15 is 0 Å². The topological polar surface area (TPSA) is 122 Å². The highest BCUT2D eigenvalue weighted by Crippen LogP contribution is 2.21. The van der Waals surface area contributed by atoms with E-state index < -0.39 is 16.7 Å². The van der Waals surface area contributed by atoms with Crippen molar-refractivity contribution in [3.8, 4) is 0 Å². The molecule has 0 aliphatic heterocycles. The van der Waals surface area contributed by atoms with Gasteiger partial charge in [0.25, 0.3) is 11.6 Å². The molecule has 0 aliphatic carbocycles. The Labute approximate surface area is 172 Å². The zero-order chi connectivity index (χ0) is 21.5. The maximum absolute atomic E-state index is 12.8. The second-order valence-corrected chi connectivity index (χ2v) is 6.65. The molecule has 0 saturated heterocycles. The van der Waals surface area contributed by atoms with Crippen LogP contribution < -0.4 is 10.6 Å². The van der Waals surface area contributed by atoms with Crippen molar-refractivity contribution in [1.29, 1.82) is 0 Å². The van der Waals surface area contributed by atoms with Crippen LogP contribution in [0.5, 0.6) is 0 Å². The molecule has 0 fully saturated rings. The molecule has 1 atom stereocenters. The molecule has 154 valence electrons. The third-order valence-electron chi connectivity index (χ3n) is 4.73. The summed E-state index contributed by atoms with van der Waals surface area (Å²) in [5.41, 5.74) is 0.925. The van der Waals surface area contributed by atoms with Crippen LogP contribution in [-0.4, -0.2) is 41.5 Å². The number of amides is 2. The van der Waals surface area contributed by atoms with Crippen LogP contribution in [0.2, 0.25) is 0 Å². The van der Waals surface area contributed by atoms with E-state index in [1.165, 1.54) is 24.3 Å². The lowest BCUT2D eigenvalue weighted by Gasteiger charge is -2.18. The lowest BCUT2D eigenvalue weighted by atomic mass is 9.97. The van der Waals surface area contributed by atoms with Crippen molar-refractivity contribution in [1.82, 2.24) is 10.6 Å². The third-order valence-corrected chi connectivity index (χ3v) is 4.73. The third kappa shape index (κ3) is 4.79. The molecule has 0 heterocycles. The van der Waals surface area contributed by atoms with E-state index in [4.69, 9.17) is 5.11 Å². The largest absolute Gasteiger partial charge is 0.395 e. The van der Waals surface area contributed by atoms with Gasteiger partial charge in [0.15, 0.2) is 0 Å². The minimum atomic E-state index is -0.767. The van der Waals surface area contributed by atoms with E-state index in [0.717, 1.165) is 10.8 Å². The minimum Gasteiger partial charge on any atom is -0.395 e. The molecule has 0 aliphatic rings. The molecule has 8 nitrogen and oxygen atoms in total. The van der Waals surface area contributed by atoms with Gasteiger partial charge in [-0.2, -0.15) is 0 Å². The maximum Gasteiger partial charge on any atom is 0.269 e. The van der Waals surface area contributed by atoms with Crippen molar-refractivity contribution in [2.75, 3.05) is 19.7 Å². The lowest BCUT2D eigenvalue weighted by molar-refractivity contribution is -0.384. The standard InChI is InChI=1S/C22H21N3O5/c26-13-12-23-22(28)20(16-8-10-17(11-9-16)25(29)30)14-24-21(27)19-7-3-5-15-4-1-2-6-18(15)19/h1-11,20,26H,12-14H2,(H,23,28)(H,24,27). The van der Waals surface area contributed by atoms with Gasteiger partial charge in [-0.3, -0.25) is 19.7 Å². The molecule has 1 unspecified atom stereocenters.